The summed E-state index contributed by atoms with van der Waals surface area (Å²) in [5.74, 6) is -1.35. The second kappa shape index (κ2) is 13.6. The third kappa shape index (κ3) is 8.62. The largest absolute Gasteiger partial charge is 0.462 e. The van der Waals surface area contributed by atoms with Crippen LogP contribution in [0, 0.1) is 5.82 Å². The van der Waals surface area contributed by atoms with Crippen LogP contribution in [0.5, 0.6) is 0 Å². The Labute approximate surface area is 210 Å². The summed E-state index contributed by atoms with van der Waals surface area (Å²) in [6.07, 6.45) is 1.48. The number of ether oxygens (including phenoxy) is 1. The molecule has 2 aromatic rings. The summed E-state index contributed by atoms with van der Waals surface area (Å²) in [6, 6.07) is 9.33. The smallest absolute Gasteiger partial charge is 0.318 e. The first-order valence-electron chi connectivity index (χ1n) is 11.8. The molecular formula is C26H32F2N6O2. The van der Waals surface area contributed by atoms with Gasteiger partial charge in [-0.15, -0.1) is 0 Å². The predicted octanol–water partition coefficient (Wildman–Crippen LogP) is 3.06. The number of amidine groups is 1. The van der Waals surface area contributed by atoms with Gasteiger partial charge in [-0.25, -0.2) is 9.38 Å². The Balaban J connectivity index is 1.51. The van der Waals surface area contributed by atoms with Gasteiger partial charge in [-0.1, -0.05) is 24.3 Å². The maximum Gasteiger partial charge on any atom is 0.318 e. The molecule has 0 atom stereocenters. The number of carbonyl (C=O) groups is 1. The van der Waals surface area contributed by atoms with Gasteiger partial charge in [0, 0.05) is 44.5 Å². The summed E-state index contributed by atoms with van der Waals surface area (Å²) in [6.45, 7) is 10.2. The molecule has 0 aliphatic carbocycles. The monoisotopic (exact) mass is 498 g/mol. The fourth-order valence-corrected chi connectivity index (χ4v) is 3.59. The number of piperazine rings is 1. The van der Waals surface area contributed by atoms with Crippen LogP contribution in [0.3, 0.4) is 0 Å². The highest BCUT2D eigenvalue weighted by atomic mass is 19.1. The van der Waals surface area contributed by atoms with Crippen molar-refractivity contribution in [1.29, 1.82) is 0 Å². The number of allylic oxidation sites excluding steroid dienone is 1. The summed E-state index contributed by atoms with van der Waals surface area (Å²) in [5, 5.41) is 2.71. The average Bonchev–Trinajstić information content (AvgIpc) is 2.88. The highest BCUT2D eigenvalue weighted by Crippen LogP contribution is 2.21. The highest BCUT2D eigenvalue weighted by molar-refractivity contribution is 5.81. The van der Waals surface area contributed by atoms with E-state index in [-0.39, 0.29) is 24.9 Å². The molecular weight excluding hydrogens is 466 g/mol. The summed E-state index contributed by atoms with van der Waals surface area (Å²) in [5.41, 5.74) is 2.12. The Bertz CT molecular complexity index is 1100. The molecule has 0 spiro atoms. The lowest BCUT2D eigenvalue weighted by Crippen LogP contribution is -2.45. The van der Waals surface area contributed by atoms with Crippen LogP contribution in [0.4, 0.5) is 8.78 Å². The number of rotatable bonds is 9. The molecule has 36 heavy (non-hydrogen) atoms. The van der Waals surface area contributed by atoms with Crippen LogP contribution in [0.25, 0.3) is 5.57 Å². The van der Waals surface area contributed by atoms with Crippen molar-refractivity contribution in [2.45, 2.75) is 19.9 Å². The zero-order valence-corrected chi connectivity index (χ0v) is 20.7. The van der Waals surface area contributed by atoms with Gasteiger partial charge in [-0.05, 0) is 43.9 Å². The molecule has 192 valence electrons. The maximum absolute atomic E-state index is 14.8. The van der Waals surface area contributed by atoms with E-state index < -0.39 is 11.8 Å². The molecule has 1 aromatic heterocycles. The number of pyridine rings is 1. The second-order valence-electron chi connectivity index (χ2n) is 8.58. The Hall–Kier alpha value is -3.50. The Morgan fingerprint density at radius 1 is 1.19 bits per heavy atom. The maximum atomic E-state index is 14.8. The average molecular weight is 499 g/mol. The molecule has 2 heterocycles. The molecule has 0 saturated carbocycles. The molecule has 1 saturated heterocycles. The van der Waals surface area contributed by atoms with Gasteiger partial charge in [-0.3, -0.25) is 14.7 Å². The first-order valence-corrected chi connectivity index (χ1v) is 11.8. The number of hydrogen-bond acceptors (Lipinski definition) is 6. The van der Waals surface area contributed by atoms with E-state index in [1.165, 1.54) is 18.3 Å². The SMILES string of the molecule is C=N/C(=N\C(F)=C(/C)c1ccc(CC(=O)NCc2cc(F)ccn2)cc1)OCCN1CCN(C)CC1. The molecule has 8 nitrogen and oxygen atoms in total. The van der Waals surface area contributed by atoms with E-state index in [9.17, 15) is 13.6 Å². The van der Waals surface area contributed by atoms with Crippen molar-refractivity contribution in [3.05, 3.63) is 71.2 Å². The number of halogens is 2. The van der Waals surface area contributed by atoms with Crippen molar-refractivity contribution in [3.63, 3.8) is 0 Å². The van der Waals surface area contributed by atoms with Crippen LogP contribution >= 0.6 is 0 Å². The van der Waals surface area contributed by atoms with E-state index in [0.717, 1.165) is 31.7 Å². The molecule has 1 amide bonds. The third-order valence-electron chi connectivity index (χ3n) is 5.87. The summed E-state index contributed by atoms with van der Waals surface area (Å²) in [4.78, 5) is 28.3. The summed E-state index contributed by atoms with van der Waals surface area (Å²) < 4.78 is 33.5. The first kappa shape index (κ1) is 27.1. The first-order chi connectivity index (χ1) is 17.3. The number of nitrogens with one attached hydrogen (secondary N) is 1. The molecule has 1 aliphatic rings. The molecule has 3 rings (SSSR count). The van der Waals surface area contributed by atoms with Crippen LogP contribution < -0.4 is 5.32 Å². The van der Waals surface area contributed by atoms with Gasteiger partial charge in [0.15, 0.2) is 0 Å². The van der Waals surface area contributed by atoms with Crippen LogP contribution in [-0.4, -0.2) is 79.8 Å². The zero-order chi connectivity index (χ0) is 25.9. The number of hydrogen-bond donors (Lipinski definition) is 1. The Morgan fingerprint density at radius 2 is 1.92 bits per heavy atom. The summed E-state index contributed by atoms with van der Waals surface area (Å²) >= 11 is 0. The van der Waals surface area contributed by atoms with E-state index in [4.69, 9.17) is 4.74 Å². The van der Waals surface area contributed by atoms with Gasteiger partial charge < -0.3 is 15.0 Å². The second-order valence-corrected chi connectivity index (χ2v) is 8.58. The quantitative estimate of drug-likeness (QED) is 0.327. The Kier molecular flexibility index (Phi) is 10.2. The van der Waals surface area contributed by atoms with Crippen molar-refractivity contribution in [2.24, 2.45) is 9.98 Å². The number of amides is 1. The van der Waals surface area contributed by atoms with Crippen molar-refractivity contribution in [2.75, 3.05) is 46.4 Å². The number of aliphatic imine (C=N–C) groups is 2. The van der Waals surface area contributed by atoms with Gasteiger partial charge in [0.05, 0.1) is 18.7 Å². The highest BCUT2D eigenvalue weighted by Gasteiger charge is 2.14. The van der Waals surface area contributed by atoms with Crippen LogP contribution in [0.1, 0.15) is 23.7 Å². The Morgan fingerprint density at radius 3 is 2.58 bits per heavy atom. The molecule has 1 N–H and O–H groups in total. The number of likely N-dealkylation sites (N-methyl/N-ethyl adjacent to an activating group) is 1. The number of aromatic nitrogens is 1. The molecule has 1 aromatic carbocycles. The molecule has 0 radical (unpaired) electrons. The molecule has 1 fully saturated rings. The minimum atomic E-state index is -0.718. The van der Waals surface area contributed by atoms with Crippen molar-refractivity contribution in [3.8, 4) is 0 Å². The van der Waals surface area contributed by atoms with E-state index in [1.54, 1.807) is 31.2 Å². The van der Waals surface area contributed by atoms with Crippen LogP contribution in [0.15, 0.2) is 58.5 Å². The predicted molar refractivity (Wildman–Crippen MR) is 137 cm³/mol. The zero-order valence-electron chi connectivity index (χ0n) is 20.7. The van der Waals surface area contributed by atoms with Gasteiger partial charge in [-0.2, -0.15) is 9.38 Å². The minimum absolute atomic E-state index is 0.109. The molecule has 1 aliphatic heterocycles. The van der Waals surface area contributed by atoms with E-state index >= 15 is 0 Å². The third-order valence-corrected chi connectivity index (χ3v) is 5.87. The lowest BCUT2D eigenvalue weighted by Gasteiger charge is -2.32. The number of carbonyl (C=O) groups excluding carboxylic acids is 1. The lowest BCUT2D eigenvalue weighted by atomic mass is 10.0. The molecule has 10 heteroatoms. The van der Waals surface area contributed by atoms with Crippen molar-refractivity contribution >= 4 is 24.2 Å². The van der Waals surface area contributed by atoms with Crippen LogP contribution in [0.2, 0.25) is 0 Å². The normalized spacial score (nSPS) is 15.8. The van der Waals surface area contributed by atoms with E-state index in [2.05, 4.69) is 43.9 Å². The van der Waals surface area contributed by atoms with E-state index in [0.29, 0.717) is 30.0 Å². The topological polar surface area (TPSA) is 82.4 Å². The van der Waals surface area contributed by atoms with Gasteiger partial charge in [0.25, 0.3) is 0 Å². The molecule has 0 bridgehead atoms. The van der Waals surface area contributed by atoms with Crippen molar-refractivity contribution in [1.82, 2.24) is 20.1 Å². The standard InChI is InChI=1S/C26H32F2N6O2/c1-19(25(28)32-26(29-2)36-15-14-34-12-10-33(3)11-13-34)21-6-4-20(5-7-21)16-24(35)31-18-23-17-22(27)8-9-30-23/h4-9,17H,2,10-16,18H2,1,3H3,(H,31,35)/b25-19+,32-26+. The van der Waals surface area contributed by atoms with Gasteiger partial charge in [0.1, 0.15) is 12.4 Å². The fourth-order valence-electron chi connectivity index (χ4n) is 3.59. The number of nitrogens with zero attached hydrogens (tertiary/aromatic N) is 5. The summed E-state index contributed by atoms with van der Waals surface area (Å²) in [7, 11) is 2.09. The fraction of sp³-hybridized carbons (Fsp3) is 0.385. The van der Waals surface area contributed by atoms with Gasteiger partial charge >= 0.3 is 6.02 Å². The van der Waals surface area contributed by atoms with Crippen molar-refractivity contribution < 1.29 is 18.3 Å². The van der Waals surface area contributed by atoms with Crippen LogP contribution in [-0.2, 0) is 22.5 Å². The minimum Gasteiger partial charge on any atom is -0.462 e. The lowest BCUT2D eigenvalue weighted by molar-refractivity contribution is -0.120. The number of benzene rings is 1. The molecule has 0 unspecified atom stereocenters. The van der Waals surface area contributed by atoms with E-state index in [1.807, 2.05) is 0 Å². The van der Waals surface area contributed by atoms with Gasteiger partial charge in [0.2, 0.25) is 11.9 Å².